The average molecular weight is 320 g/mol. The number of hydrogen-bond donors (Lipinski definition) is 0. The molecule has 2 aromatic rings. The molecule has 0 bridgehead atoms. The first-order chi connectivity index (χ1) is 10.9. The molecule has 6 heteroatoms. The van der Waals surface area contributed by atoms with Gasteiger partial charge < -0.3 is 9.32 Å². The molecule has 122 valence electrons. The minimum absolute atomic E-state index is 0.0115. The largest absolute Gasteiger partial charge is 0.444 e. The number of oxazole rings is 1. The third kappa shape index (κ3) is 2.85. The number of aryl methyl sites for hydroxylation is 2. The van der Waals surface area contributed by atoms with E-state index in [4.69, 9.17) is 4.42 Å². The molecule has 1 aromatic carbocycles. The Morgan fingerprint density at radius 3 is 2.52 bits per heavy atom. The van der Waals surface area contributed by atoms with E-state index in [9.17, 15) is 13.6 Å². The van der Waals surface area contributed by atoms with Gasteiger partial charge in [0.1, 0.15) is 17.4 Å². The van der Waals surface area contributed by atoms with Crippen LogP contribution in [-0.2, 0) is 11.3 Å². The first kappa shape index (κ1) is 15.6. The van der Waals surface area contributed by atoms with Crippen LogP contribution in [0.15, 0.2) is 22.7 Å². The minimum Gasteiger partial charge on any atom is -0.444 e. The van der Waals surface area contributed by atoms with Crippen molar-refractivity contribution in [1.82, 2.24) is 9.88 Å². The highest BCUT2D eigenvalue weighted by molar-refractivity contribution is 5.82. The molecule has 1 aliphatic heterocycles. The topological polar surface area (TPSA) is 46.3 Å². The Labute approximate surface area is 133 Å². The summed E-state index contributed by atoms with van der Waals surface area (Å²) in [6, 6.07) is 2.60. The quantitative estimate of drug-likeness (QED) is 0.871. The Bertz CT molecular complexity index is 734. The molecule has 1 fully saturated rings. The molecule has 3 rings (SSSR count). The smallest absolute Gasteiger partial charge is 0.226 e. The number of amides is 1. The summed E-state index contributed by atoms with van der Waals surface area (Å²) < 4.78 is 33.8. The predicted octanol–water partition coefficient (Wildman–Crippen LogP) is 3.33. The van der Waals surface area contributed by atoms with Crippen molar-refractivity contribution in [2.24, 2.45) is 5.92 Å². The zero-order valence-electron chi connectivity index (χ0n) is 13.3. The van der Waals surface area contributed by atoms with Gasteiger partial charge in [-0.1, -0.05) is 6.92 Å². The second kappa shape index (κ2) is 5.76. The number of benzene rings is 1. The van der Waals surface area contributed by atoms with Crippen LogP contribution in [0.2, 0.25) is 0 Å². The third-order valence-corrected chi connectivity index (χ3v) is 4.31. The van der Waals surface area contributed by atoms with E-state index in [1.54, 1.807) is 31.9 Å². The second-order valence-corrected chi connectivity index (χ2v) is 6.12. The van der Waals surface area contributed by atoms with Gasteiger partial charge >= 0.3 is 0 Å². The Hall–Kier alpha value is -2.24. The predicted molar refractivity (Wildman–Crippen MR) is 79.7 cm³/mol. The van der Waals surface area contributed by atoms with Crippen LogP contribution in [-0.4, -0.2) is 22.3 Å². The summed E-state index contributed by atoms with van der Waals surface area (Å²) in [7, 11) is 0. The van der Waals surface area contributed by atoms with Gasteiger partial charge in [0, 0.05) is 23.9 Å². The van der Waals surface area contributed by atoms with E-state index in [1.807, 2.05) is 0 Å². The second-order valence-electron chi connectivity index (χ2n) is 6.12. The van der Waals surface area contributed by atoms with Gasteiger partial charge in [-0.3, -0.25) is 4.79 Å². The zero-order valence-corrected chi connectivity index (χ0v) is 13.3. The molecule has 0 radical (unpaired) electrons. The van der Waals surface area contributed by atoms with Crippen molar-refractivity contribution in [2.45, 2.75) is 33.2 Å². The highest BCUT2D eigenvalue weighted by atomic mass is 19.1. The lowest BCUT2D eigenvalue weighted by Crippen LogP contribution is -2.26. The molecule has 2 atom stereocenters. The number of carbonyl (C=O) groups excluding carboxylic acids is 1. The van der Waals surface area contributed by atoms with E-state index >= 15 is 0 Å². The van der Waals surface area contributed by atoms with Crippen molar-refractivity contribution >= 4 is 5.91 Å². The number of aromatic nitrogens is 1. The first-order valence-corrected chi connectivity index (χ1v) is 7.52. The number of nitrogens with zero attached hydrogens (tertiary/aromatic N) is 2. The lowest BCUT2D eigenvalue weighted by atomic mass is 9.88. The summed E-state index contributed by atoms with van der Waals surface area (Å²) in [6.45, 7) is 5.56. The van der Waals surface area contributed by atoms with E-state index in [2.05, 4.69) is 4.98 Å². The van der Waals surface area contributed by atoms with Crippen LogP contribution in [0.5, 0.6) is 0 Å². The highest BCUT2D eigenvalue weighted by Gasteiger charge is 2.41. The molecule has 2 heterocycles. The van der Waals surface area contributed by atoms with Gasteiger partial charge in [-0.05, 0) is 31.5 Å². The maximum atomic E-state index is 14.2. The summed E-state index contributed by atoms with van der Waals surface area (Å²) in [5.41, 5.74) is 0.510. The van der Waals surface area contributed by atoms with E-state index in [0.717, 1.165) is 0 Å². The van der Waals surface area contributed by atoms with Crippen molar-refractivity contribution < 1.29 is 18.0 Å². The van der Waals surface area contributed by atoms with Gasteiger partial charge in [0.2, 0.25) is 11.8 Å². The molecule has 1 aromatic heterocycles. The number of halogens is 2. The first-order valence-electron chi connectivity index (χ1n) is 7.52. The average Bonchev–Trinajstić information content (AvgIpc) is 2.98. The number of rotatable bonds is 3. The molecule has 0 spiro atoms. The Morgan fingerprint density at radius 1 is 1.30 bits per heavy atom. The molecule has 1 amide bonds. The van der Waals surface area contributed by atoms with Gasteiger partial charge in [-0.15, -0.1) is 0 Å². The maximum absolute atomic E-state index is 14.2. The standard InChI is InChI=1S/C17H18F2N2O2/c1-9-4-13(18)16(14(19)5-9)12-7-21(17(22)11(12)3)8-15-20-6-10(2)23-15/h4-6,11-12H,7-8H2,1-3H3/t11-,12+/m0/s1. The summed E-state index contributed by atoms with van der Waals surface area (Å²) >= 11 is 0. The molecule has 1 aliphatic rings. The van der Waals surface area contributed by atoms with Gasteiger partial charge in [0.15, 0.2) is 0 Å². The van der Waals surface area contributed by atoms with Crippen LogP contribution in [0.25, 0.3) is 0 Å². The Balaban J connectivity index is 1.87. The molecule has 4 nitrogen and oxygen atoms in total. The van der Waals surface area contributed by atoms with E-state index in [1.165, 1.54) is 12.1 Å². The van der Waals surface area contributed by atoms with Crippen molar-refractivity contribution in [3.8, 4) is 0 Å². The zero-order chi connectivity index (χ0) is 16.7. The van der Waals surface area contributed by atoms with Gasteiger partial charge in [0.05, 0.1) is 12.7 Å². The normalized spacial score (nSPS) is 21.3. The lowest BCUT2D eigenvalue weighted by Gasteiger charge is -2.16. The number of hydrogen-bond acceptors (Lipinski definition) is 3. The monoisotopic (exact) mass is 320 g/mol. The summed E-state index contributed by atoms with van der Waals surface area (Å²) in [5, 5.41) is 0. The molecular weight excluding hydrogens is 302 g/mol. The highest BCUT2D eigenvalue weighted by Crippen LogP contribution is 2.37. The third-order valence-electron chi connectivity index (χ3n) is 4.31. The van der Waals surface area contributed by atoms with Gasteiger partial charge in [-0.2, -0.15) is 0 Å². The van der Waals surface area contributed by atoms with Gasteiger partial charge in [0.25, 0.3) is 0 Å². The SMILES string of the molecule is Cc1cc(F)c([C@@H]2CN(Cc3ncc(C)o3)C(=O)[C@H]2C)c(F)c1. The molecule has 0 saturated carbocycles. The molecule has 1 saturated heterocycles. The van der Waals surface area contributed by atoms with Crippen molar-refractivity contribution in [3.63, 3.8) is 0 Å². The molecule has 0 N–H and O–H groups in total. The fourth-order valence-corrected chi connectivity index (χ4v) is 3.13. The van der Waals surface area contributed by atoms with Crippen LogP contribution >= 0.6 is 0 Å². The molecular formula is C17H18F2N2O2. The maximum Gasteiger partial charge on any atom is 0.226 e. The van der Waals surface area contributed by atoms with E-state index in [0.29, 0.717) is 17.2 Å². The fourth-order valence-electron chi connectivity index (χ4n) is 3.13. The fraction of sp³-hybridized carbons (Fsp3) is 0.412. The lowest BCUT2D eigenvalue weighted by molar-refractivity contribution is -0.131. The summed E-state index contributed by atoms with van der Waals surface area (Å²) in [4.78, 5) is 18.0. The van der Waals surface area contributed by atoms with Crippen LogP contribution in [0.4, 0.5) is 8.78 Å². The Kier molecular flexibility index (Phi) is 3.92. The molecule has 0 aliphatic carbocycles. The van der Waals surface area contributed by atoms with E-state index in [-0.39, 0.29) is 24.6 Å². The molecule has 23 heavy (non-hydrogen) atoms. The van der Waals surface area contributed by atoms with Crippen molar-refractivity contribution in [1.29, 1.82) is 0 Å². The summed E-state index contributed by atoms with van der Waals surface area (Å²) in [6.07, 6.45) is 1.58. The summed E-state index contributed by atoms with van der Waals surface area (Å²) in [5.74, 6) is -1.26. The van der Waals surface area contributed by atoms with E-state index < -0.39 is 23.5 Å². The van der Waals surface area contributed by atoms with Crippen LogP contribution in [0, 0.1) is 31.4 Å². The molecule has 0 unspecified atom stereocenters. The van der Waals surface area contributed by atoms with Crippen molar-refractivity contribution in [2.75, 3.05) is 6.54 Å². The van der Waals surface area contributed by atoms with Gasteiger partial charge in [-0.25, -0.2) is 13.8 Å². The number of carbonyl (C=O) groups is 1. The van der Waals surface area contributed by atoms with Crippen LogP contribution in [0.1, 0.15) is 35.6 Å². The Morgan fingerprint density at radius 2 is 1.96 bits per heavy atom. The number of likely N-dealkylation sites (tertiary alicyclic amines) is 1. The minimum atomic E-state index is -0.596. The van der Waals surface area contributed by atoms with Crippen LogP contribution in [0.3, 0.4) is 0 Å². The van der Waals surface area contributed by atoms with Crippen LogP contribution < -0.4 is 0 Å². The van der Waals surface area contributed by atoms with Crippen molar-refractivity contribution in [3.05, 3.63) is 52.7 Å².